The van der Waals surface area contributed by atoms with E-state index in [1.807, 2.05) is 0 Å². The quantitative estimate of drug-likeness (QED) is 0.572. The second kappa shape index (κ2) is 7.96. The Morgan fingerprint density at radius 1 is 0.885 bits per heavy atom. The molecular formula is C23H28N2O. The molecule has 1 fully saturated rings. The zero-order valence-corrected chi connectivity index (χ0v) is 15.7. The van der Waals surface area contributed by atoms with Gasteiger partial charge < -0.3 is 14.0 Å². The minimum absolute atomic E-state index is 0.797. The lowest BCUT2D eigenvalue weighted by Gasteiger charge is -2.26. The van der Waals surface area contributed by atoms with Crippen LogP contribution in [-0.4, -0.2) is 35.5 Å². The Bertz CT molecular complexity index is 844. The van der Waals surface area contributed by atoms with E-state index in [4.69, 9.17) is 4.74 Å². The van der Waals surface area contributed by atoms with Crippen molar-refractivity contribution in [2.75, 3.05) is 26.2 Å². The van der Waals surface area contributed by atoms with Crippen LogP contribution in [0.3, 0.4) is 0 Å². The number of nitrogens with zero attached hydrogens (tertiary/aromatic N) is 2. The van der Waals surface area contributed by atoms with Gasteiger partial charge in [0, 0.05) is 30.0 Å². The third-order valence-electron chi connectivity index (χ3n) is 5.26. The maximum Gasteiger partial charge on any atom is 0.119 e. The van der Waals surface area contributed by atoms with Crippen molar-refractivity contribution in [3.63, 3.8) is 0 Å². The molecule has 3 aromatic rings. The average molecular weight is 348 g/mol. The van der Waals surface area contributed by atoms with Gasteiger partial charge in [0.25, 0.3) is 0 Å². The first-order valence-corrected chi connectivity index (χ1v) is 9.82. The fraction of sp³-hybridized carbons (Fsp3) is 0.391. The van der Waals surface area contributed by atoms with Gasteiger partial charge in [0.15, 0.2) is 0 Å². The van der Waals surface area contributed by atoms with E-state index in [1.54, 1.807) is 0 Å². The lowest BCUT2D eigenvalue weighted by atomic mass is 10.1. The topological polar surface area (TPSA) is 16.9 Å². The average Bonchev–Trinajstić information content (AvgIpc) is 3.10. The molecule has 1 aliphatic heterocycles. The number of benzene rings is 1. The van der Waals surface area contributed by atoms with E-state index in [2.05, 4.69) is 71.1 Å². The van der Waals surface area contributed by atoms with Crippen LogP contribution in [-0.2, 0) is 0 Å². The first-order valence-electron chi connectivity index (χ1n) is 9.82. The molecule has 3 heterocycles. The number of likely N-dealkylation sites (tertiary alicyclic amines) is 1. The van der Waals surface area contributed by atoms with E-state index in [-0.39, 0.29) is 0 Å². The molecule has 136 valence electrons. The van der Waals surface area contributed by atoms with Gasteiger partial charge in [0.2, 0.25) is 0 Å². The Balaban J connectivity index is 1.32. The molecule has 0 N–H and O–H groups in total. The molecule has 0 unspecified atom stereocenters. The molecule has 0 bridgehead atoms. The SMILES string of the molecule is Cc1ccc2cc(-c3ccc(OCCCN4CCCCC4)cc3)cn2c1. The fourth-order valence-corrected chi connectivity index (χ4v) is 3.78. The number of ether oxygens (including phenoxy) is 1. The molecule has 2 aromatic heterocycles. The molecule has 0 aliphatic carbocycles. The molecular weight excluding hydrogens is 320 g/mol. The molecule has 0 atom stereocenters. The van der Waals surface area contributed by atoms with Gasteiger partial charge in [-0.3, -0.25) is 0 Å². The number of piperidine rings is 1. The van der Waals surface area contributed by atoms with E-state index in [0.29, 0.717) is 0 Å². The van der Waals surface area contributed by atoms with Crippen LogP contribution >= 0.6 is 0 Å². The van der Waals surface area contributed by atoms with Crippen molar-refractivity contribution in [1.82, 2.24) is 9.30 Å². The molecule has 0 spiro atoms. The second-order valence-electron chi connectivity index (χ2n) is 7.40. The molecule has 26 heavy (non-hydrogen) atoms. The summed E-state index contributed by atoms with van der Waals surface area (Å²) >= 11 is 0. The number of pyridine rings is 1. The van der Waals surface area contributed by atoms with Crippen LogP contribution in [0.15, 0.2) is 54.9 Å². The summed E-state index contributed by atoms with van der Waals surface area (Å²) in [6.07, 6.45) is 9.58. The molecule has 1 aromatic carbocycles. The van der Waals surface area contributed by atoms with Crippen LogP contribution in [0.4, 0.5) is 0 Å². The van der Waals surface area contributed by atoms with Gasteiger partial charge in [-0.05, 0) is 74.7 Å². The number of hydrogen-bond donors (Lipinski definition) is 0. The van der Waals surface area contributed by atoms with Gasteiger partial charge in [-0.1, -0.05) is 24.6 Å². The maximum absolute atomic E-state index is 5.93. The zero-order chi connectivity index (χ0) is 17.8. The van der Waals surface area contributed by atoms with E-state index < -0.39 is 0 Å². The molecule has 1 aliphatic rings. The van der Waals surface area contributed by atoms with Gasteiger partial charge in [-0.2, -0.15) is 0 Å². The standard InChI is InChI=1S/C23H28N2O/c1-19-6-9-22-16-21(18-25(22)17-19)20-7-10-23(11-8-20)26-15-5-14-24-12-3-2-4-13-24/h6-11,16-18H,2-5,12-15H2,1H3. The Morgan fingerprint density at radius 2 is 1.69 bits per heavy atom. The Kier molecular flexibility index (Phi) is 5.26. The highest BCUT2D eigenvalue weighted by Crippen LogP contribution is 2.25. The van der Waals surface area contributed by atoms with Crippen molar-refractivity contribution in [3.05, 3.63) is 60.4 Å². The van der Waals surface area contributed by atoms with Crippen molar-refractivity contribution in [1.29, 1.82) is 0 Å². The van der Waals surface area contributed by atoms with Crippen LogP contribution in [0.25, 0.3) is 16.6 Å². The minimum atomic E-state index is 0.797. The molecule has 0 saturated carbocycles. The highest BCUT2D eigenvalue weighted by Gasteiger charge is 2.09. The molecule has 4 rings (SSSR count). The zero-order valence-electron chi connectivity index (χ0n) is 15.7. The van der Waals surface area contributed by atoms with Gasteiger partial charge >= 0.3 is 0 Å². The van der Waals surface area contributed by atoms with E-state index in [9.17, 15) is 0 Å². The van der Waals surface area contributed by atoms with Crippen LogP contribution in [0.2, 0.25) is 0 Å². The Morgan fingerprint density at radius 3 is 2.50 bits per heavy atom. The third kappa shape index (κ3) is 4.10. The lowest BCUT2D eigenvalue weighted by Crippen LogP contribution is -2.31. The molecule has 3 heteroatoms. The number of hydrogen-bond acceptors (Lipinski definition) is 2. The van der Waals surface area contributed by atoms with E-state index in [1.165, 1.54) is 54.6 Å². The van der Waals surface area contributed by atoms with Gasteiger partial charge in [-0.25, -0.2) is 0 Å². The summed E-state index contributed by atoms with van der Waals surface area (Å²) in [5.41, 5.74) is 4.97. The summed E-state index contributed by atoms with van der Waals surface area (Å²) < 4.78 is 8.12. The molecule has 0 amide bonds. The van der Waals surface area contributed by atoms with Crippen LogP contribution in [0.1, 0.15) is 31.2 Å². The molecule has 0 radical (unpaired) electrons. The summed E-state index contributed by atoms with van der Waals surface area (Å²) in [6, 6.07) is 15.0. The van der Waals surface area contributed by atoms with Gasteiger partial charge in [0.05, 0.1) is 6.61 Å². The van der Waals surface area contributed by atoms with Crippen molar-refractivity contribution in [2.24, 2.45) is 0 Å². The largest absolute Gasteiger partial charge is 0.494 e. The summed E-state index contributed by atoms with van der Waals surface area (Å²) in [4.78, 5) is 2.56. The lowest BCUT2D eigenvalue weighted by molar-refractivity contribution is 0.205. The number of aryl methyl sites for hydroxylation is 1. The molecule has 3 nitrogen and oxygen atoms in total. The van der Waals surface area contributed by atoms with Gasteiger partial charge in [0.1, 0.15) is 5.75 Å². The minimum Gasteiger partial charge on any atom is -0.494 e. The predicted molar refractivity (Wildman–Crippen MR) is 108 cm³/mol. The number of rotatable bonds is 6. The summed E-state index contributed by atoms with van der Waals surface area (Å²) in [6.45, 7) is 6.61. The summed E-state index contributed by atoms with van der Waals surface area (Å²) in [7, 11) is 0. The van der Waals surface area contributed by atoms with E-state index >= 15 is 0 Å². The van der Waals surface area contributed by atoms with Crippen molar-refractivity contribution >= 4 is 5.52 Å². The predicted octanol–water partition coefficient (Wildman–Crippen LogP) is 5.17. The highest BCUT2D eigenvalue weighted by atomic mass is 16.5. The van der Waals surface area contributed by atoms with E-state index in [0.717, 1.165) is 25.3 Å². The van der Waals surface area contributed by atoms with Crippen LogP contribution in [0.5, 0.6) is 5.75 Å². The first kappa shape index (κ1) is 17.2. The number of fused-ring (bicyclic) bond motifs is 1. The first-order chi connectivity index (χ1) is 12.8. The monoisotopic (exact) mass is 348 g/mol. The fourth-order valence-electron chi connectivity index (χ4n) is 3.78. The summed E-state index contributed by atoms with van der Waals surface area (Å²) in [5.74, 6) is 0.965. The highest BCUT2D eigenvalue weighted by molar-refractivity contribution is 5.70. The smallest absolute Gasteiger partial charge is 0.119 e. The maximum atomic E-state index is 5.93. The molecule has 1 saturated heterocycles. The number of aromatic nitrogens is 1. The summed E-state index contributed by atoms with van der Waals surface area (Å²) in [5, 5.41) is 0. The van der Waals surface area contributed by atoms with Crippen LogP contribution in [0, 0.1) is 6.92 Å². The normalized spacial score (nSPS) is 15.4. The van der Waals surface area contributed by atoms with Crippen molar-refractivity contribution < 1.29 is 4.74 Å². The Hall–Kier alpha value is -2.26. The van der Waals surface area contributed by atoms with Crippen molar-refractivity contribution in [2.45, 2.75) is 32.6 Å². The Labute approximate surface area is 156 Å². The second-order valence-corrected chi connectivity index (χ2v) is 7.40. The third-order valence-corrected chi connectivity index (χ3v) is 5.26. The van der Waals surface area contributed by atoms with Crippen molar-refractivity contribution in [3.8, 4) is 16.9 Å². The van der Waals surface area contributed by atoms with Crippen LogP contribution < -0.4 is 4.74 Å². The van der Waals surface area contributed by atoms with Gasteiger partial charge in [-0.15, -0.1) is 0 Å².